The lowest BCUT2D eigenvalue weighted by molar-refractivity contribution is -0.104. The van der Waals surface area contributed by atoms with Crippen LogP contribution in [0.5, 0.6) is 11.5 Å². The number of anilines is 1. The number of benzene rings is 1. The Morgan fingerprint density at radius 2 is 1.81 bits per heavy atom. The second-order valence-electron chi connectivity index (χ2n) is 7.00. The van der Waals surface area contributed by atoms with Crippen LogP contribution in [0.25, 0.3) is 16.6 Å². The zero-order valence-electron chi connectivity index (χ0n) is 18.7. The smallest absolute Gasteiger partial charge is 0.161 e. The molecule has 3 rings (SSSR count). The Bertz CT molecular complexity index is 1180. The van der Waals surface area contributed by atoms with E-state index in [1.807, 2.05) is 12.1 Å². The van der Waals surface area contributed by atoms with E-state index in [-0.39, 0.29) is 0 Å². The molecule has 0 spiro atoms. The average molecular weight is 434 g/mol. The van der Waals surface area contributed by atoms with Gasteiger partial charge in [0.05, 0.1) is 25.2 Å². The van der Waals surface area contributed by atoms with Crippen molar-refractivity contribution in [3.05, 3.63) is 47.4 Å². The Labute approximate surface area is 187 Å². The molecule has 0 aliphatic heterocycles. The summed E-state index contributed by atoms with van der Waals surface area (Å²) in [4.78, 5) is 25.5. The van der Waals surface area contributed by atoms with E-state index in [1.54, 1.807) is 26.5 Å². The number of carbonyl (C=O) groups excluding carboxylic acids is 1. The van der Waals surface area contributed by atoms with Crippen LogP contribution in [0.1, 0.15) is 30.8 Å². The van der Waals surface area contributed by atoms with E-state index in [0.717, 1.165) is 24.9 Å². The number of aldehydes is 1. The molecular weight excluding hydrogens is 406 g/mol. The van der Waals surface area contributed by atoms with E-state index < -0.39 is 0 Å². The molecule has 0 saturated carbocycles. The van der Waals surface area contributed by atoms with Gasteiger partial charge in [0, 0.05) is 29.9 Å². The van der Waals surface area contributed by atoms with Crippen molar-refractivity contribution in [2.24, 2.45) is 0 Å². The van der Waals surface area contributed by atoms with Gasteiger partial charge >= 0.3 is 0 Å². The van der Waals surface area contributed by atoms with Crippen molar-refractivity contribution in [1.82, 2.24) is 19.9 Å². The molecule has 1 aromatic carbocycles. The lowest BCUT2D eigenvalue weighted by Crippen LogP contribution is -2.25. The highest BCUT2D eigenvalue weighted by atomic mass is 16.5. The minimum atomic E-state index is 0.301. The van der Waals surface area contributed by atoms with E-state index in [4.69, 9.17) is 15.2 Å². The van der Waals surface area contributed by atoms with Crippen LogP contribution < -0.4 is 15.2 Å². The van der Waals surface area contributed by atoms with E-state index in [0.29, 0.717) is 51.9 Å². The van der Waals surface area contributed by atoms with Crippen LogP contribution in [0.15, 0.2) is 30.5 Å². The molecular formula is C24H27N5O3. The topological polar surface area (TPSA) is 106 Å². The zero-order chi connectivity index (χ0) is 23.1. The van der Waals surface area contributed by atoms with Crippen molar-refractivity contribution in [3.8, 4) is 23.3 Å². The van der Waals surface area contributed by atoms with Crippen molar-refractivity contribution in [3.63, 3.8) is 0 Å². The molecule has 8 nitrogen and oxygen atoms in total. The van der Waals surface area contributed by atoms with Gasteiger partial charge in [-0.1, -0.05) is 25.7 Å². The number of rotatable bonds is 8. The fourth-order valence-corrected chi connectivity index (χ4v) is 3.29. The molecule has 8 heteroatoms. The number of hydrogen-bond acceptors (Lipinski definition) is 7. The summed E-state index contributed by atoms with van der Waals surface area (Å²) in [7, 11) is 3.18. The number of allylic oxidation sites excluding steroid dienone is 1. The number of aromatic amines is 1. The van der Waals surface area contributed by atoms with Gasteiger partial charge < -0.3 is 20.2 Å². The Hall–Kier alpha value is -3.83. The molecule has 0 radical (unpaired) electrons. The van der Waals surface area contributed by atoms with Gasteiger partial charge in [-0.3, -0.25) is 9.69 Å². The van der Waals surface area contributed by atoms with Crippen molar-refractivity contribution < 1.29 is 14.3 Å². The number of aromatic nitrogens is 3. The number of carbonyl (C=O) groups is 1. The van der Waals surface area contributed by atoms with Crippen LogP contribution in [0.3, 0.4) is 0 Å². The predicted molar refractivity (Wildman–Crippen MR) is 126 cm³/mol. The summed E-state index contributed by atoms with van der Waals surface area (Å²) in [6, 6.07) is 5.44. The summed E-state index contributed by atoms with van der Waals surface area (Å²) < 4.78 is 10.6. The van der Waals surface area contributed by atoms with Gasteiger partial charge in [-0.2, -0.15) is 0 Å². The third-order valence-electron chi connectivity index (χ3n) is 5.10. The molecule has 2 aromatic heterocycles. The number of H-pyrrole nitrogens is 1. The van der Waals surface area contributed by atoms with Crippen molar-refractivity contribution in [2.45, 2.75) is 13.8 Å². The molecule has 0 unspecified atom stereocenters. The van der Waals surface area contributed by atoms with Gasteiger partial charge in [0.2, 0.25) is 0 Å². The normalized spacial score (nSPS) is 11.3. The number of methoxy groups -OCH3 is 2. The monoisotopic (exact) mass is 433 g/mol. The highest BCUT2D eigenvalue weighted by Crippen LogP contribution is 2.25. The van der Waals surface area contributed by atoms with Crippen molar-refractivity contribution in [1.29, 1.82) is 0 Å². The summed E-state index contributed by atoms with van der Waals surface area (Å²) in [5, 5.41) is 0.643. The summed E-state index contributed by atoms with van der Waals surface area (Å²) in [6.45, 7) is 6.38. The highest BCUT2D eigenvalue weighted by Gasteiger charge is 2.15. The lowest BCUT2D eigenvalue weighted by atomic mass is 10.1. The van der Waals surface area contributed by atoms with Crippen LogP contribution in [0, 0.1) is 11.8 Å². The molecule has 2 heterocycles. The maximum Gasteiger partial charge on any atom is 0.161 e. The highest BCUT2D eigenvalue weighted by molar-refractivity contribution is 5.93. The predicted octanol–water partition coefficient (Wildman–Crippen LogP) is 2.88. The van der Waals surface area contributed by atoms with Gasteiger partial charge in [-0.15, -0.1) is 0 Å². The number of nitrogen functional groups attached to an aromatic ring is 1. The fourth-order valence-electron chi connectivity index (χ4n) is 3.29. The first kappa shape index (κ1) is 22.8. The molecule has 0 aliphatic rings. The second-order valence-corrected chi connectivity index (χ2v) is 7.00. The molecule has 0 bridgehead atoms. The lowest BCUT2D eigenvalue weighted by Gasteiger charge is -2.19. The third-order valence-corrected chi connectivity index (χ3v) is 5.10. The summed E-state index contributed by atoms with van der Waals surface area (Å²) in [5.74, 6) is 8.27. The van der Waals surface area contributed by atoms with Gasteiger partial charge in [-0.25, -0.2) is 9.97 Å². The number of hydrogen-bond donors (Lipinski definition) is 2. The minimum Gasteiger partial charge on any atom is -0.497 e. The maximum atomic E-state index is 11.2. The summed E-state index contributed by atoms with van der Waals surface area (Å²) >= 11 is 0. The number of ether oxygens (including phenoxy) is 2. The van der Waals surface area contributed by atoms with Crippen LogP contribution in [0.2, 0.25) is 0 Å². The fraction of sp³-hybridized carbons (Fsp3) is 0.292. The number of likely N-dealkylation sites (N-methyl/N-ethyl adjacent to an activating group) is 1. The average Bonchev–Trinajstić information content (AvgIpc) is 3.23. The van der Waals surface area contributed by atoms with E-state index >= 15 is 0 Å². The first-order chi connectivity index (χ1) is 15.5. The molecule has 0 atom stereocenters. The molecule has 0 amide bonds. The number of nitrogens with two attached hydrogens (primary N) is 1. The summed E-state index contributed by atoms with van der Waals surface area (Å²) in [6.07, 6.45) is 3.98. The Kier molecular flexibility index (Phi) is 7.47. The van der Waals surface area contributed by atoms with Crippen LogP contribution in [0.4, 0.5) is 5.82 Å². The zero-order valence-corrected chi connectivity index (χ0v) is 18.7. The Morgan fingerprint density at radius 3 is 2.41 bits per heavy atom. The Morgan fingerprint density at radius 1 is 1.12 bits per heavy atom. The number of fused-ring (bicyclic) bond motifs is 1. The van der Waals surface area contributed by atoms with E-state index in [9.17, 15) is 4.79 Å². The first-order valence-corrected chi connectivity index (χ1v) is 10.3. The second kappa shape index (κ2) is 10.5. The molecule has 0 aliphatic carbocycles. The number of nitrogens with one attached hydrogen (secondary N) is 1. The molecule has 3 N–H and O–H groups in total. The Balaban J connectivity index is 1.99. The SMILES string of the molecule is CCN(CC)CC(=CC=O)c1nc(N)c2c(C#Cc3cc(OC)cc(OC)c3)c[nH]c2n1. The standard InChI is InChI=1S/C24H27N5O3/c1-5-29(6-2)15-18(9-10-30)23-27-22(25)21-17(14-26-24(21)28-23)8-7-16-11-19(31-3)13-20(12-16)32-4/h9-14H,5-6,15H2,1-4H3,(H3,25,26,27,28). The van der Waals surface area contributed by atoms with Crippen LogP contribution in [-0.2, 0) is 4.79 Å². The molecule has 3 aromatic rings. The molecule has 32 heavy (non-hydrogen) atoms. The number of nitrogens with zero attached hydrogens (tertiary/aromatic N) is 3. The third kappa shape index (κ3) is 5.07. The maximum absolute atomic E-state index is 11.2. The summed E-state index contributed by atoms with van der Waals surface area (Å²) in [5.41, 5.74) is 8.98. The van der Waals surface area contributed by atoms with Crippen molar-refractivity contribution >= 4 is 28.7 Å². The van der Waals surface area contributed by atoms with Crippen LogP contribution in [-0.4, -0.2) is 60.0 Å². The quantitative estimate of drug-likeness (QED) is 0.320. The van der Waals surface area contributed by atoms with Crippen LogP contribution >= 0.6 is 0 Å². The van der Waals surface area contributed by atoms with E-state index in [1.165, 1.54) is 6.08 Å². The van der Waals surface area contributed by atoms with Gasteiger partial charge in [0.15, 0.2) is 5.82 Å². The van der Waals surface area contributed by atoms with Gasteiger partial charge in [0.1, 0.15) is 29.3 Å². The van der Waals surface area contributed by atoms with Crippen molar-refractivity contribution in [2.75, 3.05) is 39.6 Å². The van der Waals surface area contributed by atoms with Gasteiger partial charge in [-0.05, 0) is 31.3 Å². The van der Waals surface area contributed by atoms with E-state index in [2.05, 4.69) is 45.5 Å². The molecule has 0 fully saturated rings. The first-order valence-electron chi connectivity index (χ1n) is 10.3. The molecule has 0 saturated heterocycles. The van der Waals surface area contributed by atoms with Gasteiger partial charge in [0.25, 0.3) is 0 Å². The molecule has 166 valence electrons. The largest absolute Gasteiger partial charge is 0.497 e. The minimum absolute atomic E-state index is 0.301.